The topological polar surface area (TPSA) is 113 Å². The van der Waals surface area contributed by atoms with Gasteiger partial charge in [0.15, 0.2) is 0 Å². The van der Waals surface area contributed by atoms with E-state index in [1.165, 1.54) is 18.4 Å². The molecule has 2 unspecified atom stereocenters. The summed E-state index contributed by atoms with van der Waals surface area (Å²) in [7, 11) is 0. The Morgan fingerprint density at radius 3 is 2.14 bits per heavy atom. The normalized spacial score (nSPS) is 40.2. The highest BCUT2D eigenvalue weighted by Crippen LogP contribution is 2.78. The van der Waals surface area contributed by atoms with Crippen molar-refractivity contribution in [2.75, 3.05) is 13.1 Å². The molecule has 9 nitrogen and oxygen atoms in total. The zero-order valence-electron chi connectivity index (χ0n) is 39.4. The fourth-order valence-corrected chi connectivity index (χ4v) is 15.7. The molecule has 0 aromatic carbocycles. The van der Waals surface area contributed by atoms with E-state index in [4.69, 9.17) is 9.47 Å². The highest BCUT2D eigenvalue weighted by Gasteiger charge is 2.71. The lowest BCUT2D eigenvalue weighted by Crippen LogP contribution is -2.67. The van der Waals surface area contributed by atoms with Crippen molar-refractivity contribution in [2.45, 2.75) is 204 Å². The lowest BCUT2D eigenvalue weighted by atomic mass is 9.32. The van der Waals surface area contributed by atoms with Crippen LogP contribution in [0.25, 0.3) is 0 Å². The molecule has 1 saturated heterocycles. The van der Waals surface area contributed by atoms with Crippen LogP contribution in [0.15, 0.2) is 12.2 Å². The van der Waals surface area contributed by atoms with Crippen molar-refractivity contribution in [2.24, 2.45) is 62.1 Å². The van der Waals surface area contributed by atoms with Crippen molar-refractivity contribution in [3.63, 3.8) is 0 Å². The van der Waals surface area contributed by atoms with E-state index in [1.54, 1.807) is 0 Å². The number of nitrogens with zero attached hydrogens (tertiary/aromatic N) is 2. The standard InChI is InChI=1S/C50H82N2O7/c1-15-51(33-26-32(4)52(30-33)43(57)59-44(5,6)7)39(53)27-50-23-18-34(31(2)3)42(50)35-16-17-37-47(12)21-20-38(58-41(56)29-45(8,9)28-40(54)55)46(10,11)36(47)19-22-49(37,14)48(35,13)24-25-50/h32-38,42H,2,15-30H2,1,3-14H3,(H,54,55)/t32?,33?,34-,35+,36-,37+,38-,42+,47-,48+,49+,50+/m0/s1. The van der Waals surface area contributed by atoms with Crippen molar-refractivity contribution in [1.29, 1.82) is 0 Å². The molecule has 0 spiro atoms. The molecule has 0 bridgehead atoms. The van der Waals surface area contributed by atoms with Crippen LogP contribution in [-0.4, -0.2) is 75.7 Å². The number of hydrogen-bond acceptors (Lipinski definition) is 6. The van der Waals surface area contributed by atoms with Gasteiger partial charge in [0.2, 0.25) is 5.91 Å². The second-order valence-corrected chi connectivity index (χ2v) is 24.0. The lowest BCUT2D eigenvalue weighted by Gasteiger charge is -2.73. The first kappa shape index (κ1) is 45.9. The fourth-order valence-electron chi connectivity index (χ4n) is 15.7. The molecule has 1 aliphatic heterocycles. The molecule has 0 aromatic rings. The highest BCUT2D eigenvalue weighted by atomic mass is 16.6. The van der Waals surface area contributed by atoms with Crippen LogP contribution in [0, 0.1) is 62.1 Å². The monoisotopic (exact) mass is 823 g/mol. The summed E-state index contributed by atoms with van der Waals surface area (Å²) in [5.41, 5.74) is 0.247. The van der Waals surface area contributed by atoms with E-state index >= 15 is 0 Å². The van der Waals surface area contributed by atoms with Gasteiger partial charge in [-0.25, -0.2) is 4.79 Å². The van der Waals surface area contributed by atoms with Crippen molar-refractivity contribution in [1.82, 2.24) is 9.80 Å². The molecule has 2 amide bonds. The van der Waals surface area contributed by atoms with Gasteiger partial charge in [0.25, 0.3) is 0 Å². The van der Waals surface area contributed by atoms with Crippen LogP contribution in [0.2, 0.25) is 0 Å². The number of likely N-dealkylation sites (tertiary alicyclic amines) is 1. The van der Waals surface area contributed by atoms with Crippen LogP contribution in [0.5, 0.6) is 0 Å². The number of ether oxygens (including phenoxy) is 2. The van der Waals surface area contributed by atoms with Gasteiger partial charge < -0.3 is 24.4 Å². The number of carbonyl (C=O) groups is 4. The lowest BCUT2D eigenvalue weighted by molar-refractivity contribution is -0.250. The fraction of sp³-hybridized carbons (Fsp3) is 0.880. The quantitative estimate of drug-likeness (QED) is 0.172. The average Bonchev–Trinajstić information content (AvgIpc) is 3.66. The third-order valence-electron chi connectivity index (χ3n) is 18.5. The van der Waals surface area contributed by atoms with Crippen LogP contribution in [-0.2, 0) is 23.9 Å². The maximum Gasteiger partial charge on any atom is 0.410 e. The SMILES string of the molecule is C=C(C)[C@@H]1CC[C@]2(CC(=O)N(CC)C3CC(C)N(C(=O)OC(C)(C)C)C3)CC[C@]3(C)[C@H](CC[C@@H]4[C@@]5(C)CC[C@H](OC(=O)CC(C)(C)CC(=O)O)C(C)(C)[C@@H]5CC[C@]43C)[C@@H]12. The smallest absolute Gasteiger partial charge is 0.410 e. The summed E-state index contributed by atoms with van der Waals surface area (Å²) in [6.45, 7) is 34.1. The minimum atomic E-state index is -0.892. The predicted octanol–water partition coefficient (Wildman–Crippen LogP) is 11.1. The first-order valence-corrected chi connectivity index (χ1v) is 23.5. The molecule has 12 atom stereocenters. The van der Waals surface area contributed by atoms with Crippen molar-refractivity contribution < 1.29 is 33.8 Å². The first-order valence-electron chi connectivity index (χ1n) is 23.5. The minimum absolute atomic E-state index is 0.00557. The number of carbonyl (C=O) groups excluding carboxylic acids is 3. The summed E-state index contributed by atoms with van der Waals surface area (Å²) >= 11 is 0. The summed E-state index contributed by atoms with van der Waals surface area (Å²) in [4.78, 5) is 56.6. The average molecular weight is 823 g/mol. The number of esters is 1. The number of rotatable bonds is 10. The van der Waals surface area contributed by atoms with Gasteiger partial charge in [-0.15, -0.1) is 0 Å². The number of amides is 2. The van der Waals surface area contributed by atoms with E-state index < -0.39 is 17.0 Å². The van der Waals surface area contributed by atoms with E-state index in [1.807, 2.05) is 39.5 Å². The Kier molecular flexibility index (Phi) is 12.2. The second kappa shape index (κ2) is 15.6. The highest BCUT2D eigenvalue weighted by molar-refractivity contribution is 5.78. The molecule has 1 heterocycles. The van der Waals surface area contributed by atoms with Crippen LogP contribution >= 0.6 is 0 Å². The number of fused-ring (bicyclic) bond motifs is 7. The summed E-state index contributed by atoms with van der Waals surface area (Å²) in [5.74, 6) is 1.46. The number of hydrogen-bond donors (Lipinski definition) is 1. The third-order valence-corrected chi connectivity index (χ3v) is 18.5. The molecular weight excluding hydrogens is 741 g/mol. The molecule has 0 aromatic heterocycles. The maximum atomic E-state index is 14.8. The van der Waals surface area contributed by atoms with Gasteiger partial charge in [-0.2, -0.15) is 0 Å². The molecule has 9 heteroatoms. The summed E-state index contributed by atoms with van der Waals surface area (Å²) in [6, 6.07) is 0.0117. The second-order valence-electron chi connectivity index (χ2n) is 24.0. The summed E-state index contributed by atoms with van der Waals surface area (Å²) < 4.78 is 12.1. The zero-order valence-corrected chi connectivity index (χ0v) is 39.4. The van der Waals surface area contributed by atoms with E-state index in [-0.39, 0.29) is 76.1 Å². The van der Waals surface area contributed by atoms with Gasteiger partial charge >= 0.3 is 18.0 Å². The largest absolute Gasteiger partial charge is 0.481 e. The molecule has 6 fully saturated rings. The van der Waals surface area contributed by atoms with Crippen LogP contribution < -0.4 is 0 Å². The molecule has 1 N–H and O–H groups in total. The van der Waals surface area contributed by atoms with Gasteiger partial charge in [0.05, 0.1) is 18.9 Å². The number of carboxylic acids is 1. The summed E-state index contributed by atoms with van der Waals surface area (Å²) in [5, 5.41) is 9.39. The molecule has 6 aliphatic rings. The molecule has 334 valence electrons. The van der Waals surface area contributed by atoms with Crippen molar-refractivity contribution in [3.8, 4) is 0 Å². The zero-order chi connectivity index (χ0) is 43.9. The number of aliphatic carboxylic acids is 1. The summed E-state index contributed by atoms with van der Waals surface area (Å²) in [6.07, 6.45) is 11.9. The molecule has 0 radical (unpaired) electrons. The van der Waals surface area contributed by atoms with Gasteiger partial charge in [0.1, 0.15) is 11.7 Å². The third kappa shape index (κ3) is 8.02. The first-order chi connectivity index (χ1) is 27.1. The molecule has 5 saturated carbocycles. The number of carboxylic acid groups (broad SMARTS) is 1. The molecule has 5 aliphatic carbocycles. The Morgan fingerprint density at radius 1 is 0.847 bits per heavy atom. The molecular formula is C50H82N2O7. The Hall–Kier alpha value is -2.58. The van der Waals surface area contributed by atoms with E-state index in [0.29, 0.717) is 49.1 Å². The van der Waals surface area contributed by atoms with Crippen molar-refractivity contribution in [3.05, 3.63) is 12.2 Å². The van der Waals surface area contributed by atoms with Gasteiger partial charge in [-0.1, -0.05) is 60.6 Å². The van der Waals surface area contributed by atoms with Crippen molar-refractivity contribution >= 4 is 23.9 Å². The molecule has 6 rings (SSSR count). The van der Waals surface area contributed by atoms with Gasteiger partial charge in [-0.3, -0.25) is 14.4 Å². The van der Waals surface area contributed by atoms with E-state index in [9.17, 15) is 24.3 Å². The minimum Gasteiger partial charge on any atom is -0.481 e. The van der Waals surface area contributed by atoms with Gasteiger partial charge in [-0.05, 0) is 169 Å². The number of likely N-dealkylation sites (N-methyl/N-ethyl adjacent to an activating group) is 1. The maximum absolute atomic E-state index is 14.8. The Morgan fingerprint density at radius 2 is 1.53 bits per heavy atom. The van der Waals surface area contributed by atoms with E-state index in [0.717, 1.165) is 57.8 Å². The predicted molar refractivity (Wildman–Crippen MR) is 232 cm³/mol. The Labute approximate surface area is 357 Å². The molecule has 59 heavy (non-hydrogen) atoms. The van der Waals surface area contributed by atoms with Crippen LogP contribution in [0.3, 0.4) is 0 Å². The van der Waals surface area contributed by atoms with Gasteiger partial charge in [0, 0.05) is 31.0 Å². The Balaban J connectivity index is 1.21. The van der Waals surface area contributed by atoms with E-state index in [2.05, 4.69) is 66.9 Å². The van der Waals surface area contributed by atoms with Crippen LogP contribution in [0.4, 0.5) is 4.79 Å². The van der Waals surface area contributed by atoms with Crippen LogP contribution in [0.1, 0.15) is 180 Å². The number of allylic oxidation sites excluding steroid dienone is 1. The Bertz CT molecular complexity index is 1660.